The molecule has 2 N–H and O–H groups in total. The van der Waals surface area contributed by atoms with Crippen LogP contribution in [0.1, 0.15) is 19.3 Å². The molecule has 1 aliphatic rings. The minimum Gasteiger partial charge on any atom is -0.496 e. The van der Waals surface area contributed by atoms with Crippen molar-refractivity contribution in [2.24, 2.45) is 0 Å². The summed E-state index contributed by atoms with van der Waals surface area (Å²) in [4.78, 5) is 10.4. The van der Waals surface area contributed by atoms with Gasteiger partial charge in [0, 0.05) is 30.4 Å². The lowest BCUT2D eigenvalue weighted by molar-refractivity contribution is -0.384. The number of non-ortho nitro benzene ring substituents is 1. The van der Waals surface area contributed by atoms with Gasteiger partial charge in [0.15, 0.2) is 0 Å². The van der Waals surface area contributed by atoms with E-state index in [1.165, 1.54) is 32.1 Å². The van der Waals surface area contributed by atoms with E-state index in [0.29, 0.717) is 11.8 Å². The number of hydrogen-bond donors (Lipinski definition) is 2. The molecule has 6 heteroatoms. The van der Waals surface area contributed by atoms with Crippen molar-refractivity contribution in [1.29, 1.82) is 0 Å². The zero-order valence-electron chi connectivity index (χ0n) is 11.0. The number of nitrogens with zero attached hydrogens (tertiary/aromatic N) is 1. The van der Waals surface area contributed by atoms with E-state index >= 15 is 0 Å². The molecule has 104 valence electrons. The van der Waals surface area contributed by atoms with Crippen LogP contribution in [-0.2, 0) is 0 Å². The van der Waals surface area contributed by atoms with Crippen LogP contribution in [0.4, 0.5) is 11.4 Å². The van der Waals surface area contributed by atoms with Crippen molar-refractivity contribution in [2.45, 2.75) is 25.3 Å². The molecule has 1 saturated heterocycles. The number of nitro groups is 1. The highest BCUT2D eigenvalue weighted by molar-refractivity contribution is 5.56. The van der Waals surface area contributed by atoms with Gasteiger partial charge in [-0.15, -0.1) is 0 Å². The zero-order valence-corrected chi connectivity index (χ0v) is 11.0. The molecule has 0 spiro atoms. The highest BCUT2D eigenvalue weighted by atomic mass is 16.6. The molecule has 0 amide bonds. The number of anilines is 1. The van der Waals surface area contributed by atoms with Gasteiger partial charge in [0.2, 0.25) is 0 Å². The summed E-state index contributed by atoms with van der Waals surface area (Å²) in [5, 5.41) is 17.5. The molecule has 1 aliphatic heterocycles. The summed E-state index contributed by atoms with van der Waals surface area (Å²) in [6.07, 6.45) is 3.60. The number of rotatable bonds is 5. The Morgan fingerprint density at radius 2 is 2.32 bits per heavy atom. The summed E-state index contributed by atoms with van der Waals surface area (Å²) in [5.74, 6) is 0.494. The lowest BCUT2D eigenvalue weighted by Crippen LogP contribution is -2.39. The fourth-order valence-corrected chi connectivity index (χ4v) is 2.25. The Bertz CT molecular complexity index is 445. The number of benzene rings is 1. The molecule has 6 nitrogen and oxygen atoms in total. The lowest BCUT2D eigenvalue weighted by atomic mass is 10.1. The normalized spacial score (nSPS) is 18.9. The minimum atomic E-state index is -0.410. The SMILES string of the molecule is COc1cc(NCC2CCCCN2)cc([N+](=O)[O-])c1. The standard InChI is InChI=1S/C13H19N3O3/c1-19-13-7-11(6-12(8-13)16(17)18)15-9-10-4-2-3-5-14-10/h6-8,10,14-15H,2-5,9H2,1H3. The molecule has 0 radical (unpaired) electrons. The van der Waals surface area contributed by atoms with Crippen LogP contribution in [0.25, 0.3) is 0 Å². The molecule has 0 aromatic heterocycles. The number of ether oxygens (including phenoxy) is 1. The summed E-state index contributed by atoms with van der Waals surface area (Å²) >= 11 is 0. The van der Waals surface area contributed by atoms with Gasteiger partial charge in [-0.1, -0.05) is 6.42 Å². The molecule has 1 aromatic carbocycles. The Labute approximate surface area is 112 Å². The summed E-state index contributed by atoms with van der Waals surface area (Å²) in [6, 6.07) is 5.16. The average Bonchev–Trinajstić information content (AvgIpc) is 2.45. The van der Waals surface area contributed by atoms with Gasteiger partial charge in [0.25, 0.3) is 5.69 Å². The van der Waals surface area contributed by atoms with Gasteiger partial charge in [-0.2, -0.15) is 0 Å². The largest absolute Gasteiger partial charge is 0.496 e. The van der Waals surface area contributed by atoms with E-state index in [1.807, 2.05) is 0 Å². The van der Waals surface area contributed by atoms with E-state index in [-0.39, 0.29) is 5.69 Å². The van der Waals surface area contributed by atoms with Crippen LogP contribution in [0, 0.1) is 10.1 Å². The molecule has 0 aliphatic carbocycles. The second kappa shape index (κ2) is 6.38. The van der Waals surface area contributed by atoms with E-state index in [2.05, 4.69) is 10.6 Å². The highest BCUT2D eigenvalue weighted by Crippen LogP contribution is 2.25. The molecule has 1 aromatic rings. The number of nitro benzene ring substituents is 1. The highest BCUT2D eigenvalue weighted by Gasteiger charge is 2.14. The molecule has 1 unspecified atom stereocenters. The summed E-state index contributed by atoms with van der Waals surface area (Å²) in [7, 11) is 1.51. The van der Waals surface area contributed by atoms with Gasteiger partial charge in [0.1, 0.15) is 5.75 Å². The molecule has 19 heavy (non-hydrogen) atoms. The zero-order chi connectivity index (χ0) is 13.7. The van der Waals surface area contributed by atoms with E-state index in [9.17, 15) is 10.1 Å². The van der Waals surface area contributed by atoms with Gasteiger partial charge in [-0.25, -0.2) is 0 Å². The van der Waals surface area contributed by atoms with Crippen LogP contribution >= 0.6 is 0 Å². The third-order valence-corrected chi connectivity index (χ3v) is 3.30. The van der Waals surface area contributed by atoms with Crippen LogP contribution in [0.2, 0.25) is 0 Å². The second-order valence-corrected chi connectivity index (χ2v) is 4.70. The van der Waals surface area contributed by atoms with E-state index in [1.54, 1.807) is 6.07 Å². The Hall–Kier alpha value is -1.82. The fourth-order valence-electron chi connectivity index (χ4n) is 2.25. The van der Waals surface area contributed by atoms with Crippen LogP contribution in [0.15, 0.2) is 18.2 Å². The molecular weight excluding hydrogens is 246 g/mol. The quantitative estimate of drug-likeness (QED) is 0.630. The molecule has 0 saturated carbocycles. The molecule has 1 atom stereocenters. The predicted molar refractivity (Wildman–Crippen MR) is 73.8 cm³/mol. The van der Waals surface area contributed by atoms with Gasteiger partial charge in [-0.05, 0) is 19.4 Å². The summed E-state index contributed by atoms with van der Waals surface area (Å²) < 4.78 is 5.08. The van der Waals surface area contributed by atoms with Gasteiger partial charge >= 0.3 is 0 Å². The molecule has 1 heterocycles. The van der Waals surface area contributed by atoms with E-state index < -0.39 is 4.92 Å². The van der Waals surface area contributed by atoms with Crippen LogP contribution in [-0.4, -0.2) is 31.2 Å². The van der Waals surface area contributed by atoms with Crippen molar-refractivity contribution in [1.82, 2.24) is 5.32 Å². The molecule has 0 bridgehead atoms. The number of nitrogens with one attached hydrogen (secondary N) is 2. The second-order valence-electron chi connectivity index (χ2n) is 4.70. The maximum absolute atomic E-state index is 10.8. The molecular formula is C13H19N3O3. The van der Waals surface area contributed by atoms with Gasteiger partial charge in [-0.3, -0.25) is 10.1 Å². The van der Waals surface area contributed by atoms with Gasteiger partial charge < -0.3 is 15.4 Å². The van der Waals surface area contributed by atoms with Crippen molar-refractivity contribution >= 4 is 11.4 Å². The molecule has 2 rings (SSSR count). The van der Waals surface area contributed by atoms with Crippen LogP contribution in [0.5, 0.6) is 5.75 Å². The number of hydrogen-bond acceptors (Lipinski definition) is 5. The Morgan fingerprint density at radius 3 is 2.95 bits per heavy atom. The Morgan fingerprint density at radius 1 is 1.47 bits per heavy atom. The average molecular weight is 265 g/mol. The topological polar surface area (TPSA) is 76.4 Å². The fraction of sp³-hybridized carbons (Fsp3) is 0.538. The lowest BCUT2D eigenvalue weighted by Gasteiger charge is -2.24. The number of piperidine rings is 1. The van der Waals surface area contributed by atoms with Crippen molar-refractivity contribution in [2.75, 3.05) is 25.5 Å². The van der Waals surface area contributed by atoms with Crippen LogP contribution < -0.4 is 15.4 Å². The first-order chi connectivity index (χ1) is 9.19. The smallest absolute Gasteiger partial charge is 0.275 e. The maximum atomic E-state index is 10.8. The number of methoxy groups -OCH3 is 1. The third kappa shape index (κ3) is 3.82. The summed E-state index contributed by atoms with van der Waals surface area (Å²) in [6.45, 7) is 1.81. The van der Waals surface area contributed by atoms with Crippen molar-refractivity contribution in [3.63, 3.8) is 0 Å². The monoisotopic (exact) mass is 265 g/mol. The van der Waals surface area contributed by atoms with Crippen molar-refractivity contribution < 1.29 is 9.66 Å². The van der Waals surface area contributed by atoms with Crippen molar-refractivity contribution in [3.8, 4) is 5.75 Å². The Kier molecular flexibility index (Phi) is 4.57. The van der Waals surface area contributed by atoms with E-state index in [4.69, 9.17) is 4.74 Å². The van der Waals surface area contributed by atoms with Gasteiger partial charge in [0.05, 0.1) is 18.1 Å². The third-order valence-electron chi connectivity index (χ3n) is 3.30. The first kappa shape index (κ1) is 13.6. The minimum absolute atomic E-state index is 0.0402. The first-order valence-electron chi connectivity index (χ1n) is 6.50. The summed E-state index contributed by atoms with van der Waals surface area (Å²) in [5.41, 5.74) is 0.761. The van der Waals surface area contributed by atoms with Crippen molar-refractivity contribution in [3.05, 3.63) is 28.3 Å². The van der Waals surface area contributed by atoms with E-state index in [0.717, 1.165) is 25.2 Å². The van der Waals surface area contributed by atoms with Crippen LogP contribution in [0.3, 0.4) is 0 Å². The Balaban J connectivity index is 2.02. The molecule has 1 fully saturated rings. The predicted octanol–water partition coefficient (Wildman–Crippen LogP) is 2.16. The maximum Gasteiger partial charge on any atom is 0.275 e. The first-order valence-corrected chi connectivity index (χ1v) is 6.50.